The fraction of sp³-hybridized carbons (Fsp3) is 0.0189. The van der Waals surface area contributed by atoms with Gasteiger partial charge in [-0.1, -0.05) is 140 Å². The van der Waals surface area contributed by atoms with Crippen molar-refractivity contribution in [2.45, 2.75) is 5.41 Å². The molecular formula is C53H34N2O. The van der Waals surface area contributed by atoms with Crippen molar-refractivity contribution in [1.82, 2.24) is 4.57 Å². The molecule has 1 spiro atoms. The van der Waals surface area contributed by atoms with E-state index in [1.54, 1.807) is 0 Å². The predicted molar refractivity (Wildman–Crippen MR) is 230 cm³/mol. The largest absolute Gasteiger partial charge is 0.456 e. The van der Waals surface area contributed by atoms with E-state index in [4.69, 9.17) is 4.74 Å². The molecule has 10 aromatic rings. The second kappa shape index (κ2) is 11.8. The maximum atomic E-state index is 7.24. The summed E-state index contributed by atoms with van der Waals surface area (Å²) in [5.41, 5.74) is 13.6. The van der Waals surface area contributed by atoms with E-state index >= 15 is 0 Å². The van der Waals surface area contributed by atoms with E-state index < -0.39 is 5.41 Å². The molecule has 56 heavy (non-hydrogen) atoms. The number of rotatable bonds is 4. The SMILES string of the molecule is c1ccc(N(c2ccccc2)c2ccc(-n3c4ccc5c(c4c4c6ccccc6ccc43)Oc3ccccc3C53c4ccccc4-c4ccccc43)cc2)cc1. The summed E-state index contributed by atoms with van der Waals surface area (Å²) in [6.07, 6.45) is 0. The van der Waals surface area contributed by atoms with Gasteiger partial charge in [0.15, 0.2) is 0 Å². The van der Waals surface area contributed by atoms with Crippen LogP contribution < -0.4 is 9.64 Å². The molecule has 1 aliphatic carbocycles. The smallest absolute Gasteiger partial charge is 0.142 e. The topological polar surface area (TPSA) is 17.4 Å². The predicted octanol–water partition coefficient (Wildman–Crippen LogP) is 13.9. The molecule has 1 aliphatic heterocycles. The Labute approximate surface area is 324 Å². The number of nitrogens with zero attached hydrogens (tertiary/aromatic N) is 2. The highest BCUT2D eigenvalue weighted by atomic mass is 16.5. The van der Waals surface area contributed by atoms with E-state index in [0.717, 1.165) is 50.7 Å². The van der Waals surface area contributed by atoms with Gasteiger partial charge in [0.1, 0.15) is 11.5 Å². The van der Waals surface area contributed by atoms with Gasteiger partial charge in [0.05, 0.1) is 21.8 Å². The lowest BCUT2D eigenvalue weighted by Crippen LogP contribution is -2.32. The molecule has 1 aromatic heterocycles. The molecule has 2 heterocycles. The molecule has 0 saturated heterocycles. The summed E-state index contributed by atoms with van der Waals surface area (Å²) in [5, 5.41) is 4.74. The van der Waals surface area contributed by atoms with Crippen molar-refractivity contribution in [3.05, 3.63) is 229 Å². The fourth-order valence-electron chi connectivity index (χ4n) is 9.81. The summed E-state index contributed by atoms with van der Waals surface area (Å²) in [6, 6.07) is 74.6. The van der Waals surface area contributed by atoms with Gasteiger partial charge in [-0.05, 0) is 99.8 Å². The molecule has 0 N–H and O–H groups in total. The maximum absolute atomic E-state index is 7.24. The highest BCUT2D eigenvalue weighted by molar-refractivity contribution is 6.23. The third kappa shape index (κ3) is 4.17. The average molecular weight is 715 g/mol. The number of aromatic nitrogens is 1. The van der Waals surface area contributed by atoms with Crippen molar-refractivity contribution in [2.24, 2.45) is 0 Å². The molecule has 0 fully saturated rings. The Hall–Kier alpha value is -7.36. The minimum absolute atomic E-state index is 0.537. The van der Waals surface area contributed by atoms with E-state index in [1.807, 2.05) is 0 Å². The highest BCUT2D eigenvalue weighted by Crippen LogP contribution is 2.63. The fourth-order valence-corrected chi connectivity index (χ4v) is 9.81. The Morgan fingerprint density at radius 3 is 1.62 bits per heavy atom. The van der Waals surface area contributed by atoms with Crippen LogP contribution in [-0.4, -0.2) is 4.57 Å². The van der Waals surface area contributed by atoms with Crippen LogP contribution in [0, 0.1) is 0 Å². The first-order valence-corrected chi connectivity index (χ1v) is 19.3. The van der Waals surface area contributed by atoms with E-state index in [1.165, 1.54) is 49.5 Å². The van der Waals surface area contributed by atoms with Crippen LogP contribution in [0.15, 0.2) is 206 Å². The number of benzene rings is 9. The van der Waals surface area contributed by atoms with Crippen LogP contribution >= 0.6 is 0 Å². The van der Waals surface area contributed by atoms with Crippen LogP contribution in [0.1, 0.15) is 22.3 Å². The summed E-state index contributed by atoms with van der Waals surface area (Å²) < 4.78 is 9.66. The van der Waals surface area contributed by atoms with Gasteiger partial charge < -0.3 is 14.2 Å². The first-order valence-electron chi connectivity index (χ1n) is 19.3. The van der Waals surface area contributed by atoms with Crippen molar-refractivity contribution >= 4 is 49.6 Å². The summed E-state index contributed by atoms with van der Waals surface area (Å²) in [4.78, 5) is 2.31. The molecular weight excluding hydrogens is 681 g/mol. The van der Waals surface area contributed by atoms with Crippen molar-refractivity contribution in [3.8, 4) is 28.3 Å². The molecule has 12 rings (SSSR count). The lowest BCUT2D eigenvalue weighted by atomic mass is 9.66. The monoisotopic (exact) mass is 714 g/mol. The van der Waals surface area contributed by atoms with Crippen LogP contribution in [0.25, 0.3) is 49.4 Å². The third-order valence-corrected chi connectivity index (χ3v) is 12.0. The molecule has 0 bridgehead atoms. The maximum Gasteiger partial charge on any atom is 0.142 e. The van der Waals surface area contributed by atoms with E-state index in [2.05, 4.69) is 216 Å². The zero-order chi connectivity index (χ0) is 36.8. The highest BCUT2D eigenvalue weighted by Gasteiger charge is 2.51. The minimum Gasteiger partial charge on any atom is -0.456 e. The molecule has 0 atom stereocenters. The van der Waals surface area contributed by atoms with Crippen molar-refractivity contribution in [3.63, 3.8) is 0 Å². The van der Waals surface area contributed by atoms with Gasteiger partial charge in [-0.2, -0.15) is 0 Å². The molecule has 3 nitrogen and oxygen atoms in total. The molecule has 2 aliphatic rings. The number of hydrogen-bond acceptors (Lipinski definition) is 2. The first kappa shape index (κ1) is 31.0. The van der Waals surface area contributed by atoms with Crippen LogP contribution in [0.4, 0.5) is 17.1 Å². The number of anilines is 3. The number of fused-ring (bicyclic) bond motifs is 15. The molecule has 0 radical (unpaired) electrons. The zero-order valence-electron chi connectivity index (χ0n) is 30.4. The van der Waals surface area contributed by atoms with Crippen molar-refractivity contribution in [2.75, 3.05) is 4.90 Å². The van der Waals surface area contributed by atoms with Gasteiger partial charge in [0.25, 0.3) is 0 Å². The first-order chi connectivity index (χ1) is 27.8. The number of ether oxygens (including phenoxy) is 1. The van der Waals surface area contributed by atoms with Crippen molar-refractivity contribution in [1.29, 1.82) is 0 Å². The van der Waals surface area contributed by atoms with Gasteiger partial charge in [-0.3, -0.25) is 0 Å². The Morgan fingerprint density at radius 1 is 0.393 bits per heavy atom. The van der Waals surface area contributed by atoms with Gasteiger partial charge >= 0.3 is 0 Å². The zero-order valence-corrected chi connectivity index (χ0v) is 30.4. The molecule has 0 unspecified atom stereocenters. The summed E-state index contributed by atoms with van der Waals surface area (Å²) in [6.45, 7) is 0. The van der Waals surface area contributed by atoms with E-state index in [-0.39, 0.29) is 0 Å². The summed E-state index contributed by atoms with van der Waals surface area (Å²) in [5.74, 6) is 1.81. The molecule has 0 amide bonds. The normalized spacial score (nSPS) is 13.3. The Bertz CT molecular complexity index is 3080. The lowest BCUT2D eigenvalue weighted by Gasteiger charge is -2.39. The average Bonchev–Trinajstić information content (AvgIpc) is 3.77. The van der Waals surface area contributed by atoms with Crippen molar-refractivity contribution < 1.29 is 4.74 Å². The molecule has 9 aromatic carbocycles. The van der Waals surface area contributed by atoms with Gasteiger partial charge in [-0.25, -0.2) is 0 Å². The van der Waals surface area contributed by atoms with E-state index in [9.17, 15) is 0 Å². The van der Waals surface area contributed by atoms with Crippen LogP contribution in [0.5, 0.6) is 11.5 Å². The Kier molecular flexibility index (Phi) is 6.55. The van der Waals surface area contributed by atoms with Gasteiger partial charge in [0, 0.05) is 39.3 Å². The molecule has 0 saturated carbocycles. The van der Waals surface area contributed by atoms with Gasteiger partial charge in [0.2, 0.25) is 0 Å². The minimum atomic E-state index is -0.537. The second-order valence-electron chi connectivity index (χ2n) is 14.8. The second-order valence-corrected chi connectivity index (χ2v) is 14.8. The summed E-state index contributed by atoms with van der Waals surface area (Å²) >= 11 is 0. The number of para-hydroxylation sites is 3. The Morgan fingerprint density at radius 2 is 0.929 bits per heavy atom. The van der Waals surface area contributed by atoms with Crippen LogP contribution in [0.3, 0.4) is 0 Å². The van der Waals surface area contributed by atoms with Gasteiger partial charge in [-0.15, -0.1) is 0 Å². The van der Waals surface area contributed by atoms with Crippen LogP contribution in [0.2, 0.25) is 0 Å². The lowest BCUT2D eigenvalue weighted by molar-refractivity contribution is 0.442. The Balaban J connectivity index is 1.15. The van der Waals surface area contributed by atoms with Crippen LogP contribution in [-0.2, 0) is 5.41 Å². The third-order valence-electron chi connectivity index (χ3n) is 12.0. The quantitative estimate of drug-likeness (QED) is 0.181. The molecule has 262 valence electrons. The summed E-state index contributed by atoms with van der Waals surface area (Å²) in [7, 11) is 0. The molecule has 3 heteroatoms. The standard InChI is InChI=1S/C53H34N2O/c1-3-16-36(17-4-1)54(37-18-5-2-6-19-37)38-28-30-39(31-29-38)55-47-33-27-35-15-7-8-20-40(35)50(47)51-48(55)34-32-46-52(51)56-49-26-14-13-25-45(49)53(46)43-23-11-9-21-41(43)42-22-10-12-24-44(42)53/h1-34H. The van der Waals surface area contributed by atoms with E-state index in [0.29, 0.717) is 0 Å². The number of hydrogen-bond donors (Lipinski definition) is 0.